The number of amides is 1. The number of benzene rings is 1. The number of carbonyl (C=O) groups excluding carboxylic acids is 2. The van der Waals surface area contributed by atoms with Gasteiger partial charge in [-0.25, -0.2) is 0 Å². The average molecular weight is 336 g/mol. The Hall–Kier alpha value is -2.01. The van der Waals surface area contributed by atoms with E-state index in [0.717, 1.165) is 5.56 Å². The maximum absolute atomic E-state index is 12.2. The van der Waals surface area contributed by atoms with Crippen LogP contribution in [0.1, 0.15) is 24.8 Å². The minimum absolute atomic E-state index is 0.104. The number of fused-ring (bicyclic) bond motifs is 1. The van der Waals surface area contributed by atoms with E-state index in [0.29, 0.717) is 30.0 Å². The normalized spacial score (nSPS) is 28.5. The Bertz CT molecular complexity index is 640. The van der Waals surface area contributed by atoms with Gasteiger partial charge in [0.1, 0.15) is 6.10 Å². The lowest BCUT2D eigenvalue weighted by Crippen LogP contribution is -2.54. The smallest absolute Gasteiger partial charge is 0.308 e. The number of rotatable bonds is 2. The van der Waals surface area contributed by atoms with Crippen LogP contribution in [-0.2, 0) is 19.1 Å². The van der Waals surface area contributed by atoms with Crippen molar-refractivity contribution in [3.63, 3.8) is 0 Å². The molecule has 2 fully saturated rings. The van der Waals surface area contributed by atoms with Crippen molar-refractivity contribution in [1.29, 1.82) is 0 Å². The number of nitrogens with one attached hydrogen (secondary N) is 1. The first-order valence-corrected chi connectivity index (χ1v) is 7.97. The van der Waals surface area contributed by atoms with Gasteiger partial charge in [0.25, 0.3) is 5.91 Å². The van der Waals surface area contributed by atoms with Crippen LogP contribution in [0, 0.1) is 5.92 Å². The Morgan fingerprint density at radius 1 is 1.35 bits per heavy atom. The summed E-state index contributed by atoms with van der Waals surface area (Å²) in [5.41, 5.74) is 0.848. The third kappa shape index (κ3) is 3.50. The largest absolute Gasteiger partial charge is 0.483 e. The number of ether oxygens (including phenoxy) is 2. The van der Waals surface area contributed by atoms with Crippen LogP contribution in [0.15, 0.2) is 30.0 Å². The maximum Gasteiger partial charge on any atom is 0.308 e. The van der Waals surface area contributed by atoms with Crippen LogP contribution in [0.2, 0.25) is 5.02 Å². The van der Waals surface area contributed by atoms with Gasteiger partial charge in [-0.15, -0.1) is 0 Å². The molecule has 6 heteroatoms. The second-order valence-electron chi connectivity index (χ2n) is 5.83. The van der Waals surface area contributed by atoms with Crippen LogP contribution < -0.4 is 5.32 Å². The number of carbonyl (C=O) groups is 2. The van der Waals surface area contributed by atoms with Gasteiger partial charge < -0.3 is 14.8 Å². The van der Waals surface area contributed by atoms with E-state index in [4.69, 9.17) is 21.1 Å². The molecular weight excluding hydrogens is 318 g/mol. The fraction of sp³-hybridized carbons (Fsp3) is 0.412. The highest BCUT2D eigenvalue weighted by Gasteiger charge is 2.40. The molecule has 1 aliphatic heterocycles. The molecule has 1 saturated heterocycles. The van der Waals surface area contributed by atoms with Gasteiger partial charge in [-0.2, -0.15) is 0 Å². The summed E-state index contributed by atoms with van der Waals surface area (Å²) in [6.45, 7) is 0. The molecule has 1 aliphatic carbocycles. The standard InChI is InChI=1S/C17H18ClNO4/c1-22-17(21)11-4-7-14-13(9-11)19-16(20)15(23-14)8-10-2-5-12(18)6-3-10/h2-3,5-6,8,11,13-14H,4,7,9H2,1H3,(H,19,20)/b15-8+. The molecule has 3 atom stereocenters. The summed E-state index contributed by atoms with van der Waals surface area (Å²) in [4.78, 5) is 23.9. The van der Waals surface area contributed by atoms with Crippen molar-refractivity contribution >= 4 is 29.6 Å². The number of hydrogen-bond donors (Lipinski definition) is 1. The topological polar surface area (TPSA) is 64.6 Å². The average Bonchev–Trinajstić information content (AvgIpc) is 2.56. The van der Waals surface area contributed by atoms with Crippen LogP contribution in [0.4, 0.5) is 0 Å². The van der Waals surface area contributed by atoms with Crippen LogP contribution in [0.25, 0.3) is 6.08 Å². The van der Waals surface area contributed by atoms with Gasteiger partial charge in [-0.3, -0.25) is 9.59 Å². The van der Waals surface area contributed by atoms with Gasteiger partial charge in [0.2, 0.25) is 0 Å². The third-order valence-corrected chi connectivity index (χ3v) is 4.56. The first-order valence-electron chi connectivity index (χ1n) is 7.59. The number of hydrogen-bond acceptors (Lipinski definition) is 4. The molecule has 3 rings (SSSR count). The molecule has 0 spiro atoms. The summed E-state index contributed by atoms with van der Waals surface area (Å²) in [6.07, 6.45) is 3.57. The monoisotopic (exact) mass is 335 g/mol. The molecule has 0 radical (unpaired) electrons. The molecule has 5 nitrogen and oxygen atoms in total. The van der Waals surface area contributed by atoms with Crippen LogP contribution in [-0.4, -0.2) is 31.1 Å². The van der Waals surface area contributed by atoms with Crippen molar-refractivity contribution in [2.45, 2.75) is 31.4 Å². The Morgan fingerprint density at radius 2 is 2.09 bits per heavy atom. The van der Waals surface area contributed by atoms with E-state index in [-0.39, 0.29) is 29.9 Å². The van der Waals surface area contributed by atoms with Gasteiger partial charge in [0.15, 0.2) is 5.76 Å². The molecule has 2 aliphatic rings. The van der Waals surface area contributed by atoms with Crippen LogP contribution in [0.3, 0.4) is 0 Å². The minimum atomic E-state index is -0.258. The van der Waals surface area contributed by atoms with E-state index in [1.54, 1.807) is 18.2 Å². The molecule has 1 N–H and O–H groups in total. The Kier molecular flexibility index (Phi) is 4.57. The van der Waals surface area contributed by atoms with Crippen molar-refractivity contribution in [2.24, 2.45) is 5.92 Å². The van der Waals surface area contributed by atoms with Gasteiger partial charge in [-0.1, -0.05) is 23.7 Å². The Morgan fingerprint density at radius 3 is 2.78 bits per heavy atom. The molecule has 1 amide bonds. The highest BCUT2D eigenvalue weighted by molar-refractivity contribution is 6.30. The van der Waals surface area contributed by atoms with E-state index in [1.165, 1.54) is 7.11 Å². The van der Waals surface area contributed by atoms with Crippen molar-refractivity contribution in [2.75, 3.05) is 7.11 Å². The highest BCUT2D eigenvalue weighted by atomic mass is 35.5. The minimum Gasteiger partial charge on any atom is -0.483 e. The molecule has 1 aromatic carbocycles. The summed E-state index contributed by atoms with van der Waals surface area (Å²) in [5, 5.41) is 3.58. The molecule has 1 aromatic rings. The fourth-order valence-corrected chi connectivity index (χ4v) is 3.21. The zero-order valence-corrected chi connectivity index (χ0v) is 13.5. The second kappa shape index (κ2) is 6.62. The van der Waals surface area contributed by atoms with Gasteiger partial charge in [-0.05, 0) is 43.0 Å². The number of halogens is 1. The summed E-state index contributed by atoms with van der Waals surface area (Å²) >= 11 is 5.86. The SMILES string of the molecule is COC(=O)C1CCC2O/C(=C/c3ccc(Cl)cc3)C(=O)NC2C1. The molecule has 0 bridgehead atoms. The van der Waals surface area contributed by atoms with Crippen molar-refractivity contribution in [3.05, 3.63) is 40.6 Å². The predicted octanol–water partition coefficient (Wildman–Crippen LogP) is 2.54. The quantitative estimate of drug-likeness (QED) is 0.666. The highest BCUT2D eigenvalue weighted by Crippen LogP contribution is 2.32. The lowest BCUT2D eigenvalue weighted by molar-refractivity contribution is -0.149. The molecule has 23 heavy (non-hydrogen) atoms. The van der Waals surface area contributed by atoms with E-state index < -0.39 is 0 Å². The van der Waals surface area contributed by atoms with E-state index in [1.807, 2.05) is 12.1 Å². The molecule has 1 saturated carbocycles. The lowest BCUT2D eigenvalue weighted by atomic mass is 9.83. The number of esters is 1. The lowest BCUT2D eigenvalue weighted by Gasteiger charge is -2.39. The van der Waals surface area contributed by atoms with Crippen molar-refractivity contribution in [1.82, 2.24) is 5.32 Å². The summed E-state index contributed by atoms with van der Waals surface area (Å²) in [6, 6.07) is 7.03. The molecule has 3 unspecified atom stereocenters. The van der Waals surface area contributed by atoms with E-state index in [9.17, 15) is 9.59 Å². The molecule has 1 heterocycles. The van der Waals surface area contributed by atoms with Gasteiger partial charge in [0, 0.05) is 5.02 Å². The Balaban J connectivity index is 1.71. The van der Waals surface area contributed by atoms with Gasteiger partial charge >= 0.3 is 5.97 Å². The number of methoxy groups -OCH3 is 1. The maximum atomic E-state index is 12.2. The van der Waals surface area contributed by atoms with Crippen molar-refractivity contribution < 1.29 is 19.1 Å². The fourth-order valence-electron chi connectivity index (χ4n) is 3.08. The van der Waals surface area contributed by atoms with Crippen LogP contribution in [0.5, 0.6) is 0 Å². The molecule has 122 valence electrons. The van der Waals surface area contributed by atoms with Crippen LogP contribution >= 0.6 is 11.6 Å². The predicted molar refractivity (Wildman–Crippen MR) is 85.6 cm³/mol. The van der Waals surface area contributed by atoms with E-state index in [2.05, 4.69) is 5.32 Å². The first-order chi connectivity index (χ1) is 11.1. The number of morpholine rings is 1. The molecule has 0 aromatic heterocycles. The summed E-state index contributed by atoms with van der Waals surface area (Å²) < 4.78 is 10.7. The summed E-state index contributed by atoms with van der Waals surface area (Å²) in [7, 11) is 1.39. The second-order valence-corrected chi connectivity index (χ2v) is 6.27. The van der Waals surface area contributed by atoms with Crippen molar-refractivity contribution in [3.8, 4) is 0 Å². The first kappa shape index (κ1) is 15.9. The Labute approximate surface area is 139 Å². The van der Waals surface area contributed by atoms with E-state index >= 15 is 0 Å². The summed E-state index contributed by atoms with van der Waals surface area (Å²) in [5.74, 6) is -0.357. The molecular formula is C17H18ClNO4. The third-order valence-electron chi connectivity index (χ3n) is 4.31. The van der Waals surface area contributed by atoms with Gasteiger partial charge in [0.05, 0.1) is 19.1 Å². The zero-order chi connectivity index (χ0) is 16.4. The zero-order valence-electron chi connectivity index (χ0n) is 12.8.